The molecule has 0 aliphatic carbocycles. The van der Waals surface area contributed by atoms with E-state index >= 15 is 0 Å². The molecule has 1 aliphatic rings. The van der Waals surface area contributed by atoms with Gasteiger partial charge >= 0.3 is 0 Å². The maximum Gasteiger partial charge on any atom is 0.251 e. The van der Waals surface area contributed by atoms with Gasteiger partial charge in [0.1, 0.15) is 6.10 Å². The van der Waals surface area contributed by atoms with Gasteiger partial charge in [-0.15, -0.1) is 6.58 Å². The lowest BCUT2D eigenvalue weighted by molar-refractivity contribution is -0.128. The number of benzene rings is 1. The number of carbonyl (C=O) groups excluding carboxylic acids is 2. The zero-order valence-electron chi connectivity index (χ0n) is 14.5. The quantitative estimate of drug-likeness (QED) is 0.688. The minimum Gasteiger partial charge on any atom is -0.493 e. The summed E-state index contributed by atoms with van der Waals surface area (Å²) in [5.41, 5.74) is 6.50. The number of hydrogen-bond donors (Lipinski definition) is 2. The molecule has 7 heteroatoms. The summed E-state index contributed by atoms with van der Waals surface area (Å²) >= 11 is 0. The van der Waals surface area contributed by atoms with Crippen LogP contribution < -0.4 is 20.5 Å². The van der Waals surface area contributed by atoms with Crippen LogP contribution in [-0.2, 0) is 16.0 Å². The van der Waals surface area contributed by atoms with E-state index in [9.17, 15) is 9.59 Å². The summed E-state index contributed by atoms with van der Waals surface area (Å²) in [5.74, 6) is 0.348. The average molecular weight is 348 g/mol. The summed E-state index contributed by atoms with van der Waals surface area (Å²) in [4.78, 5) is 23.6. The third-order valence-electron chi connectivity index (χ3n) is 4.10. The number of nitrogens with two attached hydrogens (primary N) is 1. The van der Waals surface area contributed by atoms with Crippen molar-refractivity contribution in [1.29, 1.82) is 0 Å². The Morgan fingerprint density at radius 2 is 2.12 bits per heavy atom. The van der Waals surface area contributed by atoms with Gasteiger partial charge in [0.15, 0.2) is 11.5 Å². The molecule has 3 N–H and O–H groups in total. The van der Waals surface area contributed by atoms with E-state index in [1.54, 1.807) is 25.3 Å². The molecule has 0 bridgehead atoms. The predicted octanol–water partition coefficient (Wildman–Crippen LogP) is 1.20. The van der Waals surface area contributed by atoms with Crippen molar-refractivity contribution < 1.29 is 23.8 Å². The summed E-state index contributed by atoms with van der Waals surface area (Å²) in [6, 6.07) is 3.38. The van der Waals surface area contributed by atoms with E-state index in [2.05, 4.69) is 11.9 Å². The highest BCUT2D eigenvalue weighted by Gasteiger charge is 2.29. The van der Waals surface area contributed by atoms with Gasteiger partial charge in [0, 0.05) is 17.7 Å². The molecule has 1 aromatic carbocycles. The molecule has 2 rings (SSSR count). The van der Waals surface area contributed by atoms with E-state index in [-0.39, 0.29) is 12.0 Å². The Labute approximate surface area is 147 Å². The summed E-state index contributed by atoms with van der Waals surface area (Å²) in [6.07, 6.45) is 2.76. The SMILES string of the molecule is C=CCc1cc(C(=O)NC[C@@H]2CC[C@@H](C(N)=O)O2)cc(OC)c1OC. The lowest BCUT2D eigenvalue weighted by atomic mass is 10.0. The van der Waals surface area contributed by atoms with E-state index in [1.165, 1.54) is 7.11 Å². The van der Waals surface area contributed by atoms with Crippen LogP contribution in [0.2, 0.25) is 0 Å². The average Bonchev–Trinajstić information content (AvgIpc) is 3.08. The van der Waals surface area contributed by atoms with Gasteiger partial charge in [-0.05, 0) is 31.4 Å². The van der Waals surface area contributed by atoms with E-state index in [0.717, 1.165) is 5.56 Å². The number of allylic oxidation sites excluding steroid dienone is 1. The first-order chi connectivity index (χ1) is 12.0. The van der Waals surface area contributed by atoms with Gasteiger partial charge in [0.25, 0.3) is 5.91 Å². The highest BCUT2D eigenvalue weighted by Crippen LogP contribution is 2.33. The molecule has 7 nitrogen and oxygen atoms in total. The van der Waals surface area contributed by atoms with Gasteiger partial charge in [0.2, 0.25) is 5.91 Å². The van der Waals surface area contributed by atoms with Crippen molar-refractivity contribution in [1.82, 2.24) is 5.32 Å². The standard InChI is InChI=1S/C18H24N2O5/c1-4-5-11-8-12(9-15(23-2)16(11)24-3)18(22)20-10-13-6-7-14(25-13)17(19)21/h4,8-9,13-14H,1,5-7,10H2,2-3H3,(H2,19,21)(H,20,22)/t13-,14-/m0/s1. The fraction of sp³-hybridized carbons (Fsp3) is 0.444. The number of methoxy groups -OCH3 is 2. The van der Waals surface area contributed by atoms with Crippen molar-refractivity contribution in [3.05, 3.63) is 35.9 Å². The van der Waals surface area contributed by atoms with Crippen molar-refractivity contribution in [2.45, 2.75) is 31.5 Å². The second-order valence-corrected chi connectivity index (χ2v) is 5.80. The van der Waals surface area contributed by atoms with Crippen LogP contribution in [0.4, 0.5) is 0 Å². The van der Waals surface area contributed by atoms with Crippen LogP contribution in [0.5, 0.6) is 11.5 Å². The zero-order chi connectivity index (χ0) is 18.4. The van der Waals surface area contributed by atoms with Crippen LogP contribution in [0.3, 0.4) is 0 Å². The van der Waals surface area contributed by atoms with Gasteiger partial charge in [-0.2, -0.15) is 0 Å². The molecule has 0 aromatic heterocycles. The molecular formula is C18H24N2O5. The third kappa shape index (κ3) is 4.51. The number of ether oxygens (including phenoxy) is 3. The fourth-order valence-corrected chi connectivity index (χ4v) is 2.86. The second kappa shape index (κ2) is 8.53. The Morgan fingerprint density at radius 1 is 1.36 bits per heavy atom. The van der Waals surface area contributed by atoms with Gasteiger partial charge < -0.3 is 25.3 Å². The largest absolute Gasteiger partial charge is 0.493 e. The Hall–Kier alpha value is -2.54. The van der Waals surface area contributed by atoms with Crippen LogP contribution in [0.25, 0.3) is 0 Å². The molecule has 0 saturated carbocycles. The lowest BCUT2D eigenvalue weighted by Crippen LogP contribution is -2.34. The Kier molecular flexibility index (Phi) is 6.41. The van der Waals surface area contributed by atoms with E-state index in [1.807, 2.05) is 0 Å². The molecule has 25 heavy (non-hydrogen) atoms. The van der Waals surface area contributed by atoms with Crippen molar-refractivity contribution in [2.75, 3.05) is 20.8 Å². The molecule has 0 unspecified atom stereocenters. The van der Waals surface area contributed by atoms with Gasteiger partial charge in [0.05, 0.1) is 20.3 Å². The van der Waals surface area contributed by atoms with E-state index in [4.69, 9.17) is 19.9 Å². The van der Waals surface area contributed by atoms with Crippen LogP contribution in [0.15, 0.2) is 24.8 Å². The second-order valence-electron chi connectivity index (χ2n) is 5.80. The van der Waals surface area contributed by atoms with Crippen molar-refractivity contribution in [3.63, 3.8) is 0 Å². The van der Waals surface area contributed by atoms with Crippen LogP contribution in [-0.4, -0.2) is 44.8 Å². The first kappa shape index (κ1) is 18.8. The van der Waals surface area contributed by atoms with Crippen molar-refractivity contribution >= 4 is 11.8 Å². The molecule has 0 spiro atoms. The highest BCUT2D eigenvalue weighted by atomic mass is 16.5. The zero-order valence-corrected chi connectivity index (χ0v) is 14.5. The molecule has 1 heterocycles. The molecule has 1 fully saturated rings. The van der Waals surface area contributed by atoms with Crippen LogP contribution in [0.1, 0.15) is 28.8 Å². The summed E-state index contributed by atoms with van der Waals surface area (Å²) < 4.78 is 16.2. The maximum atomic E-state index is 12.5. The predicted molar refractivity (Wildman–Crippen MR) is 92.9 cm³/mol. The minimum atomic E-state index is -0.567. The molecular weight excluding hydrogens is 324 g/mol. The Balaban J connectivity index is 2.07. The summed E-state index contributed by atoms with van der Waals surface area (Å²) in [6.45, 7) is 4.03. The topological polar surface area (TPSA) is 99.9 Å². The van der Waals surface area contributed by atoms with Gasteiger partial charge in [-0.3, -0.25) is 9.59 Å². The molecule has 2 atom stereocenters. The summed E-state index contributed by atoms with van der Waals surface area (Å²) in [7, 11) is 3.07. The van der Waals surface area contributed by atoms with Crippen molar-refractivity contribution in [2.24, 2.45) is 5.73 Å². The van der Waals surface area contributed by atoms with E-state index < -0.39 is 12.0 Å². The number of nitrogens with one attached hydrogen (secondary N) is 1. The number of amides is 2. The van der Waals surface area contributed by atoms with Crippen LogP contribution in [0, 0.1) is 0 Å². The third-order valence-corrected chi connectivity index (χ3v) is 4.10. The fourth-order valence-electron chi connectivity index (χ4n) is 2.86. The lowest BCUT2D eigenvalue weighted by Gasteiger charge is -2.16. The number of carbonyl (C=O) groups is 2. The highest BCUT2D eigenvalue weighted by molar-refractivity contribution is 5.95. The Bertz CT molecular complexity index is 659. The monoisotopic (exact) mass is 348 g/mol. The van der Waals surface area contributed by atoms with Gasteiger partial charge in [-0.25, -0.2) is 0 Å². The van der Waals surface area contributed by atoms with Gasteiger partial charge in [-0.1, -0.05) is 6.08 Å². The Morgan fingerprint density at radius 3 is 2.68 bits per heavy atom. The molecule has 1 aromatic rings. The first-order valence-corrected chi connectivity index (χ1v) is 8.08. The van der Waals surface area contributed by atoms with E-state index in [0.29, 0.717) is 42.9 Å². The molecule has 0 radical (unpaired) electrons. The maximum absolute atomic E-state index is 12.5. The number of hydrogen-bond acceptors (Lipinski definition) is 5. The first-order valence-electron chi connectivity index (χ1n) is 8.08. The number of rotatable bonds is 8. The minimum absolute atomic E-state index is 0.214. The molecule has 1 aliphatic heterocycles. The number of primary amides is 1. The molecule has 2 amide bonds. The van der Waals surface area contributed by atoms with Crippen LogP contribution >= 0.6 is 0 Å². The molecule has 136 valence electrons. The summed E-state index contributed by atoms with van der Waals surface area (Å²) in [5, 5.41) is 2.82. The molecule has 1 saturated heterocycles. The smallest absolute Gasteiger partial charge is 0.251 e. The normalized spacial score (nSPS) is 19.3. The van der Waals surface area contributed by atoms with Crippen molar-refractivity contribution in [3.8, 4) is 11.5 Å².